The van der Waals surface area contributed by atoms with Crippen LogP contribution in [0.15, 0.2) is 42.7 Å². The predicted molar refractivity (Wildman–Crippen MR) is 96.1 cm³/mol. The van der Waals surface area contributed by atoms with E-state index in [0.717, 1.165) is 44.6 Å². The van der Waals surface area contributed by atoms with E-state index in [2.05, 4.69) is 25.1 Å². The summed E-state index contributed by atoms with van der Waals surface area (Å²) < 4.78 is 13.3. The van der Waals surface area contributed by atoms with Crippen molar-refractivity contribution in [3.05, 3.63) is 54.1 Å². The number of nitrogens with one attached hydrogen (secondary N) is 1. The Kier molecular flexibility index (Phi) is 4.79. The number of carbonyl (C=O) groups excluding carboxylic acids is 1. The number of carbonyl (C=O) groups is 1. The average molecular weight is 355 g/mol. The number of hydrogen-bond donors (Lipinski definition) is 1. The molecule has 0 radical (unpaired) electrons. The molecule has 1 aromatic carbocycles. The van der Waals surface area contributed by atoms with E-state index in [1.807, 2.05) is 0 Å². The molecule has 1 aliphatic heterocycles. The largest absolute Gasteiger partial charge is 0.352 e. The van der Waals surface area contributed by atoms with Crippen molar-refractivity contribution in [2.24, 2.45) is 0 Å². The van der Waals surface area contributed by atoms with Crippen LogP contribution in [0.25, 0.3) is 0 Å². The van der Waals surface area contributed by atoms with Gasteiger partial charge < -0.3 is 10.2 Å². The Bertz CT molecular complexity index is 742. The van der Waals surface area contributed by atoms with Crippen molar-refractivity contribution in [3.63, 3.8) is 0 Å². The number of hydrogen-bond acceptors (Lipinski definition) is 5. The topological polar surface area (TPSA) is 61.4 Å². The number of piperazine rings is 1. The Morgan fingerprint density at radius 3 is 2.35 bits per heavy atom. The Balaban J connectivity index is 1.49. The van der Waals surface area contributed by atoms with Crippen LogP contribution in [0.5, 0.6) is 0 Å². The molecule has 1 saturated carbocycles. The molecular formula is C19H22FN5O. The highest BCUT2D eigenvalue weighted by molar-refractivity contribution is 5.83. The smallest absolute Gasteiger partial charge is 0.242 e. The Labute approximate surface area is 152 Å². The highest BCUT2D eigenvalue weighted by Gasteiger charge is 2.34. The van der Waals surface area contributed by atoms with Gasteiger partial charge in [0.1, 0.15) is 11.9 Å². The summed E-state index contributed by atoms with van der Waals surface area (Å²) in [6.07, 6.45) is 5.56. The van der Waals surface area contributed by atoms with Gasteiger partial charge in [0.25, 0.3) is 0 Å². The van der Waals surface area contributed by atoms with E-state index < -0.39 is 6.04 Å². The summed E-state index contributed by atoms with van der Waals surface area (Å²) in [4.78, 5) is 25.7. The summed E-state index contributed by atoms with van der Waals surface area (Å²) in [7, 11) is 0. The summed E-state index contributed by atoms with van der Waals surface area (Å²) in [5, 5.41) is 3.09. The molecule has 1 saturated heterocycles. The van der Waals surface area contributed by atoms with E-state index in [9.17, 15) is 9.18 Å². The molecule has 4 rings (SSSR count). The lowest BCUT2D eigenvalue weighted by Gasteiger charge is -2.38. The second-order valence-corrected chi connectivity index (χ2v) is 6.81. The first kappa shape index (κ1) is 16.9. The molecule has 2 fully saturated rings. The Hall–Kier alpha value is -2.54. The van der Waals surface area contributed by atoms with E-state index in [1.54, 1.807) is 30.6 Å². The van der Waals surface area contributed by atoms with Crippen molar-refractivity contribution in [1.29, 1.82) is 0 Å². The van der Waals surface area contributed by atoms with Crippen LogP contribution < -0.4 is 10.2 Å². The summed E-state index contributed by atoms with van der Waals surface area (Å²) in [6.45, 7) is 2.94. The highest BCUT2D eigenvalue weighted by Crippen LogP contribution is 2.26. The van der Waals surface area contributed by atoms with Crippen LogP contribution in [0, 0.1) is 5.82 Å². The van der Waals surface area contributed by atoms with Gasteiger partial charge in [-0.25, -0.2) is 14.4 Å². The van der Waals surface area contributed by atoms with Crippen LogP contribution in [-0.4, -0.2) is 53.0 Å². The lowest BCUT2D eigenvalue weighted by atomic mass is 10.0. The molecule has 2 aliphatic rings. The van der Waals surface area contributed by atoms with E-state index in [0.29, 0.717) is 12.0 Å². The fraction of sp³-hybridized carbons (Fsp3) is 0.421. The molecular weight excluding hydrogens is 333 g/mol. The number of anilines is 1. The molecule has 2 heterocycles. The molecule has 136 valence electrons. The third kappa shape index (κ3) is 3.83. The number of aromatic nitrogens is 2. The lowest BCUT2D eigenvalue weighted by molar-refractivity contribution is -0.127. The minimum absolute atomic E-state index is 0.00326. The van der Waals surface area contributed by atoms with Gasteiger partial charge in [-0.2, -0.15) is 0 Å². The van der Waals surface area contributed by atoms with Crippen molar-refractivity contribution in [2.75, 3.05) is 31.1 Å². The minimum atomic E-state index is -0.393. The van der Waals surface area contributed by atoms with Crippen molar-refractivity contribution < 1.29 is 9.18 Å². The van der Waals surface area contributed by atoms with E-state index in [-0.39, 0.29) is 11.7 Å². The third-order valence-corrected chi connectivity index (χ3v) is 4.87. The molecule has 1 aromatic heterocycles. The number of nitrogens with zero attached hydrogens (tertiary/aromatic N) is 4. The molecule has 26 heavy (non-hydrogen) atoms. The molecule has 1 N–H and O–H groups in total. The molecule has 1 aliphatic carbocycles. The van der Waals surface area contributed by atoms with Gasteiger partial charge in [-0.05, 0) is 36.6 Å². The third-order valence-electron chi connectivity index (χ3n) is 4.87. The number of rotatable bonds is 5. The van der Waals surface area contributed by atoms with E-state index in [4.69, 9.17) is 0 Å². The summed E-state index contributed by atoms with van der Waals surface area (Å²) in [5.41, 5.74) is 0.828. The zero-order valence-corrected chi connectivity index (χ0v) is 14.5. The van der Waals surface area contributed by atoms with Gasteiger partial charge in [0.15, 0.2) is 0 Å². The second kappa shape index (κ2) is 7.37. The van der Waals surface area contributed by atoms with Crippen LogP contribution in [0.4, 0.5) is 10.3 Å². The normalized spacial score (nSPS) is 19.2. The first-order valence-corrected chi connectivity index (χ1v) is 9.02. The van der Waals surface area contributed by atoms with Crippen molar-refractivity contribution >= 4 is 11.9 Å². The predicted octanol–water partition coefficient (Wildman–Crippen LogP) is 1.76. The van der Waals surface area contributed by atoms with Crippen LogP contribution in [0.1, 0.15) is 24.4 Å². The van der Waals surface area contributed by atoms with Crippen molar-refractivity contribution in [3.8, 4) is 0 Å². The first-order valence-electron chi connectivity index (χ1n) is 9.02. The summed E-state index contributed by atoms with van der Waals surface area (Å²) >= 11 is 0. The molecule has 7 heteroatoms. The van der Waals surface area contributed by atoms with Gasteiger partial charge in [-0.1, -0.05) is 12.1 Å². The maximum Gasteiger partial charge on any atom is 0.242 e. The second-order valence-electron chi connectivity index (χ2n) is 6.81. The molecule has 2 aromatic rings. The van der Waals surface area contributed by atoms with Gasteiger partial charge in [0.2, 0.25) is 11.9 Å². The molecule has 0 bridgehead atoms. The zero-order chi connectivity index (χ0) is 17.9. The van der Waals surface area contributed by atoms with Crippen molar-refractivity contribution in [1.82, 2.24) is 20.2 Å². The van der Waals surface area contributed by atoms with Crippen LogP contribution in [-0.2, 0) is 4.79 Å². The van der Waals surface area contributed by atoms with Crippen molar-refractivity contribution in [2.45, 2.75) is 24.9 Å². The van der Waals surface area contributed by atoms with E-state index in [1.165, 1.54) is 12.1 Å². The first-order chi connectivity index (χ1) is 12.7. The summed E-state index contributed by atoms with van der Waals surface area (Å²) in [6, 6.07) is 7.95. The molecule has 0 spiro atoms. The lowest BCUT2D eigenvalue weighted by Crippen LogP contribution is -2.51. The van der Waals surface area contributed by atoms with Crippen LogP contribution in [0.2, 0.25) is 0 Å². The maximum absolute atomic E-state index is 13.3. The monoisotopic (exact) mass is 355 g/mol. The van der Waals surface area contributed by atoms with Gasteiger partial charge in [-0.3, -0.25) is 9.69 Å². The average Bonchev–Trinajstić information content (AvgIpc) is 3.49. The number of amides is 1. The van der Waals surface area contributed by atoms with Gasteiger partial charge in [-0.15, -0.1) is 0 Å². The quantitative estimate of drug-likeness (QED) is 0.886. The molecule has 1 atom stereocenters. The molecule has 6 nitrogen and oxygen atoms in total. The molecule has 1 amide bonds. The van der Waals surface area contributed by atoms with E-state index >= 15 is 0 Å². The van der Waals surface area contributed by atoms with Gasteiger partial charge in [0.05, 0.1) is 0 Å². The van der Waals surface area contributed by atoms with Crippen LogP contribution in [0.3, 0.4) is 0 Å². The molecule has 0 unspecified atom stereocenters. The summed E-state index contributed by atoms with van der Waals surface area (Å²) in [5.74, 6) is 0.428. The van der Waals surface area contributed by atoms with Crippen LogP contribution >= 0.6 is 0 Å². The minimum Gasteiger partial charge on any atom is -0.352 e. The zero-order valence-electron chi connectivity index (χ0n) is 14.5. The SMILES string of the molecule is O=C(NC1CC1)[C@@H](c1ccc(F)cc1)N1CCN(c2ncccn2)CC1. The van der Waals surface area contributed by atoms with Gasteiger partial charge >= 0.3 is 0 Å². The fourth-order valence-corrected chi connectivity index (χ4v) is 3.32. The number of benzene rings is 1. The Morgan fingerprint density at radius 2 is 1.73 bits per heavy atom. The maximum atomic E-state index is 13.3. The fourth-order valence-electron chi connectivity index (χ4n) is 3.32. The standard InChI is InChI=1S/C19H22FN5O/c20-15-4-2-14(3-5-15)17(18(26)23-16-6-7-16)24-10-12-25(13-11-24)19-21-8-1-9-22-19/h1-5,8-9,16-17H,6-7,10-13H2,(H,23,26)/t17-/m1/s1. The number of halogens is 1. The highest BCUT2D eigenvalue weighted by atomic mass is 19.1. The van der Waals surface area contributed by atoms with Gasteiger partial charge in [0, 0.05) is 44.6 Å². The Morgan fingerprint density at radius 1 is 1.08 bits per heavy atom.